The van der Waals surface area contributed by atoms with Crippen molar-refractivity contribution in [1.82, 2.24) is 0 Å². The first-order valence-electron chi connectivity index (χ1n) is 5.87. The van der Waals surface area contributed by atoms with Crippen molar-refractivity contribution in [3.63, 3.8) is 0 Å². The summed E-state index contributed by atoms with van der Waals surface area (Å²) in [5, 5.41) is 12.4. The van der Waals surface area contributed by atoms with E-state index in [9.17, 15) is 0 Å². The molecule has 1 aromatic carbocycles. The molecule has 0 saturated carbocycles. The van der Waals surface area contributed by atoms with Crippen LogP contribution in [0.2, 0.25) is 0 Å². The Bertz CT molecular complexity index is 427. The van der Waals surface area contributed by atoms with E-state index in [1.165, 1.54) is 11.1 Å². The summed E-state index contributed by atoms with van der Waals surface area (Å²) in [6.07, 6.45) is 3.07. The summed E-state index contributed by atoms with van der Waals surface area (Å²) >= 11 is 0. The molecule has 2 heteroatoms. The van der Waals surface area contributed by atoms with Crippen molar-refractivity contribution < 1.29 is 5.21 Å². The number of hydrogen-bond donors (Lipinski definition) is 1. The smallest absolute Gasteiger partial charge is 0.0870 e. The van der Waals surface area contributed by atoms with E-state index in [2.05, 4.69) is 44.1 Å². The molecule has 0 aromatic heterocycles. The Hall–Kier alpha value is -1.31. The van der Waals surface area contributed by atoms with Gasteiger partial charge in [-0.3, -0.25) is 0 Å². The SMILES string of the molecule is CC(C)(C)c1ccc2c(c1)/C(=N/O)CCC2. The molecule has 1 aromatic rings. The normalized spacial score (nSPS) is 18.6. The fourth-order valence-electron chi connectivity index (χ4n) is 2.21. The van der Waals surface area contributed by atoms with Crippen LogP contribution in [-0.2, 0) is 11.8 Å². The highest BCUT2D eigenvalue weighted by Crippen LogP contribution is 2.28. The van der Waals surface area contributed by atoms with Gasteiger partial charge in [-0.05, 0) is 41.9 Å². The maximum absolute atomic E-state index is 9.02. The topological polar surface area (TPSA) is 32.6 Å². The van der Waals surface area contributed by atoms with E-state index in [0.29, 0.717) is 0 Å². The minimum Gasteiger partial charge on any atom is -0.411 e. The van der Waals surface area contributed by atoms with Gasteiger partial charge in [0.05, 0.1) is 5.71 Å². The molecule has 0 unspecified atom stereocenters. The van der Waals surface area contributed by atoms with Gasteiger partial charge in [-0.25, -0.2) is 0 Å². The van der Waals surface area contributed by atoms with Gasteiger partial charge < -0.3 is 5.21 Å². The van der Waals surface area contributed by atoms with Crippen LogP contribution in [0.3, 0.4) is 0 Å². The predicted octanol–water partition coefficient (Wildman–Crippen LogP) is 3.50. The predicted molar refractivity (Wildman–Crippen MR) is 66.4 cm³/mol. The average molecular weight is 217 g/mol. The summed E-state index contributed by atoms with van der Waals surface area (Å²) < 4.78 is 0. The number of oxime groups is 1. The number of fused-ring (bicyclic) bond motifs is 1. The van der Waals surface area contributed by atoms with Gasteiger partial charge in [-0.2, -0.15) is 0 Å². The van der Waals surface area contributed by atoms with Crippen molar-refractivity contribution in [1.29, 1.82) is 0 Å². The van der Waals surface area contributed by atoms with E-state index < -0.39 is 0 Å². The molecule has 0 amide bonds. The molecule has 0 bridgehead atoms. The van der Waals surface area contributed by atoms with Gasteiger partial charge >= 0.3 is 0 Å². The van der Waals surface area contributed by atoms with Crippen LogP contribution in [0.15, 0.2) is 23.4 Å². The summed E-state index contributed by atoms with van der Waals surface area (Å²) in [7, 11) is 0. The quantitative estimate of drug-likeness (QED) is 0.523. The molecule has 0 spiro atoms. The van der Waals surface area contributed by atoms with Gasteiger partial charge in [0.15, 0.2) is 0 Å². The number of rotatable bonds is 0. The van der Waals surface area contributed by atoms with Crippen LogP contribution in [-0.4, -0.2) is 10.9 Å². The van der Waals surface area contributed by atoms with Crippen LogP contribution in [0.25, 0.3) is 0 Å². The van der Waals surface area contributed by atoms with Crippen molar-refractivity contribution in [2.75, 3.05) is 0 Å². The largest absolute Gasteiger partial charge is 0.411 e. The molecule has 1 N–H and O–H groups in total. The Kier molecular flexibility index (Phi) is 2.75. The lowest BCUT2D eigenvalue weighted by molar-refractivity contribution is 0.317. The highest BCUT2D eigenvalue weighted by molar-refractivity contribution is 6.02. The Labute approximate surface area is 97.0 Å². The van der Waals surface area contributed by atoms with Crippen LogP contribution in [0, 0.1) is 0 Å². The second kappa shape index (κ2) is 3.93. The Morgan fingerprint density at radius 3 is 2.56 bits per heavy atom. The van der Waals surface area contributed by atoms with Crippen molar-refractivity contribution in [3.8, 4) is 0 Å². The van der Waals surface area contributed by atoms with Gasteiger partial charge in [-0.1, -0.05) is 38.1 Å². The highest BCUT2D eigenvalue weighted by Gasteiger charge is 2.20. The number of hydrogen-bond acceptors (Lipinski definition) is 2. The van der Waals surface area contributed by atoms with E-state index in [1.807, 2.05) is 0 Å². The average Bonchev–Trinajstić information content (AvgIpc) is 2.26. The molecule has 2 nitrogen and oxygen atoms in total. The maximum Gasteiger partial charge on any atom is 0.0870 e. The zero-order chi connectivity index (χ0) is 11.8. The summed E-state index contributed by atoms with van der Waals surface area (Å²) in [5.74, 6) is 0. The molecule has 1 aliphatic rings. The second-order valence-electron chi connectivity index (χ2n) is 5.52. The van der Waals surface area contributed by atoms with E-state index in [0.717, 1.165) is 30.5 Å². The van der Waals surface area contributed by atoms with Crippen LogP contribution in [0.1, 0.15) is 50.3 Å². The summed E-state index contributed by atoms with van der Waals surface area (Å²) in [6.45, 7) is 6.61. The van der Waals surface area contributed by atoms with Gasteiger partial charge in [0.1, 0.15) is 0 Å². The lowest BCUT2D eigenvalue weighted by Crippen LogP contribution is -2.16. The van der Waals surface area contributed by atoms with Crippen molar-refractivity contribution >= 4 is 5.71 Å². The molecule has 86 valence electrons. The molecular formula is C14H19NO. The van der Waals surface area contributed by atoms with Gasteiger partial charge in [-0.15, -0.1) is 0 Å². The second-order valence-corrected chi connectivity index (χ2v) is 5.52. The number of benzene rings is 1. The lowest BCUT2D eigenvalue weighted by Gasteiger charge is -2.23. The lowest BCUT2D eigenvalue weighted by atomic mass is 9.82. The molecular weight excluding hydrogens is 198 g/mol. The van der Waals surface area contributed by atoms with Crippen LogP contribution in [0.4, 0.5) is 0 Å². The van der Waals surface area contributed by atoms with Crippen molar-refractivity contribution in [3.05, 3.63) is 34.9 Å². The molecule has 0 atom stereocenters. The maximum atomic E-state index is 9.02. The van der Waals surface area contributed by atoms with Gasteiger partial charge in [0.25, 0.3) is 0 Å². The van der Waals surface area contributed by atoms with Crippen LogP contribution in [0.5, 0.6) is 0 Å². The van der Waals surface area contributed by atoms with E-state index in [1.54, 1.807) is 0 Å². The Morgan fingerprint density at radius 1 is 1.19 bits per heavy atom. The van der Waals surface area contributed by atoms with Crippen molar-refractivity contribution in [2.24, 2.45) is 5.16 Å². The molecule has 0 heterocycles. The third-order valence-corrected chi connectivity index (χ3v) is 3.27. The molecule has 16 heavy (non-hydrogen) atoms. The Balaban J connectivity index is 2.51. The standard InChI is InChI=1S/C14H19NO/c1-14(2,3)11-8-7-10-5-4-6-13(15-16)12(10)9-11/h7-9,16H,4-6H2,1-3H3/b15-13+. The zero-order valence-corrected chi connectivity index (χ0v) is 10.2. The molecule has 0 fully saturated rings. The van der Waals surface area contributed by atoms with E-state index in [-0.39, 0.29) is 5.41 Å². The third-order valence-electron chi connectivity index (χ3n) is 3.27. The summed E-state index contributed by atoms with van der Waals surface area (Å²) in [5.41, 5.74) is 4.74. The minimum absolute atomic E-state index is 0.146. The first-order valence-corrected chi connectivity index (χ1v) is 5.87. The first-order chi connectivity index (χ1) is 7.52. The minimum atomic E-state index is 0.146. The van der Waals surface area contributed by atoms with Crippen molar-refractivity contribution in [2.45, 2.75) is 45.4 Å². The van der Waals surface area contributed by atoms with Gasteiger partial charge in [0, 0.05) is 5.56 Å². The third kappa shape index (κ3) is 1.97. The number of aryl methyl sites for hydroxylation is 1. The van der Waals surface area contributed by atoms with Crippen LogP contribution >= 0.6 is 0 Å². The molecule has 0 radical (unpaired) electrons. The molecule has 2 rings (SSSR count). The first kappa shape index (κ1) is 11.2. The van der Waals surface area contributed by atoms with E-state index in [4.69, 9.17) is 5.21 Å². The number of nitrogens with zero attached hydrogens (tertiary/aromatic N) is 1. The summed E-state index contributed by atoms with van der Waals surface area (Å²) in [6, 6.07) is 6.56. The fourth-order valence-corrected chi connectivity index (χ4v) is 2.21. The highest BCUT2D eigenvalue weighted by atomic mass is 16.4. The Morgan fingerprint density at radius 2 is 1.94 bits per heavy atom. The monoisotopic (exact) mass is 217 g/mol. The van der Waals surface area contributed by atoms with E-state index >= 15 is 0 Å². The summed E-state index contributed by atoms with van der Waals surface area (Å²) in [4.78, 5) is 0. The zero-order valence-electron chi connectivity index (χ0n) is 10.2. The van der Waals surface area contributed by atoms with Gasteiger partial charge in [0.2, 0.25) is 0 Å². The molecule has 0 aliphatic heterocycles. The fraction of sp³-hybridized carbons (Fsp3) is 0.500. The molecule has 1 aliphatic carbocycles. The molecule has 0 saturated heterocycles. The van der Waals surface area contributed by atoms with Crippen LogP contribution < -0.4 is 0 Å².